The molecule has 3 aliphatic rings. The van der Waals surface area contributed by atoms with Crippen LogP contribution in [-0.4, -0.2) is 88.9 Å². The third-order valence-electron chi connectivity index (χ3n) is 7.70. The van der Waals surface area contributed by atoms with Crippen LogP contribution in [0.15, 0.2) is 12.7 Å². The molecule has 0 radical (unpaired) electrons. The topological polar surface area (TPSA) is 162 Å². The van der Waals surface area contributed by atoms with Crippen molar-refractivity contribution in [3.63, 3.8) is 0 Å². The fourth-order valence-corrected chi connectivity index (χ4v) is 6.59. The number of β-amino-alcohol motifs (C(OH)–C–C–N with tert-alkyl or cyclic N) is 1. The summed E-state index contributed by atoms with van der Waals surface area (Å²) in [7, 11) is -4.04. The number of hydrogen-bond donors (Lipinski definition) is 3. The molecule has 12 nitrogen and oxygen atoms in total. The second kappa shape index (κ2) is 11.1. The van der Waals surface area contributed by atoms with Crippen LogP contribution in [0.25, 0.3) is 0 Å². The van der Waals surface area contributed by atoms with Gasteiger partial charge in [0.15, 0.2) is 0 Å². The fourth-order valence-electron chi connectivity index (χ4n) is 5.02. The van der Waals surface area contributed by atoms with Crippen LogP contribution < -0.4 is 10.0 Å². The zero-order chi connectivity index (χ0) is 29.5. The number of nitrogens with zero attached hydrogens (tertiary/aromatic N) is 2. The number of amides is 5. The molecule has 0 aromatic heterocycles. The Hall–Kier alpha value is -2.67. The molecular weight excluding hydrogens is 528 g/mol. The first-order valence-electron chi connectivity index (χ1n) is 13.5. The Balaban J connectivity index is 1.88. The highest BCUT2D eigenvalue weighted by Crippen LogP contribution is 2.46. The first-order chi connectivity index (χ1) is 18.0. The van der Waals surface area contributed by atoms with Gasteiger partial charge < -0.3 is 20.1 Å². The third kappa shape index (κ3) is 6.56. The van der Waals surface area contributed by atoms with E-state index >= 15 is 0 Å². The van der Waals surface area contributed by atoms with E-state index in [-0.39, 0.29) is 18.9 Å². The first kappa shape index (κ1) is 30.9. The first-order valence-corrected chi connectivity index (χ1v) is 14.9. The summed E-state index contributed by atoms with van der Waals surface area (Å²) in [6.45, 7) is 13.8. The molecule has 1 aliphatic heterocycles. The molecule has 5 atom stereocenters. The predicted octanol–water partition coefficient (Wildman–Crippen LogP) is 1.88. The molecule has 0 aromatic carbocycles. The summed E-state index contributed by atoms with van der Waals surface area (Å²) in [5.74, 6) is -1.63. The molecule has 0 aromatic rings. The van der Waals surface area contributed by atoms with E-state index in [0.717, 1.165) is 9.80 Å². The second-order valence-electron chi connectivity index (χ2n) is 12.2. The quantitative estimate of drug-likeness (QED) is 0.354. The number of urea groups is 1. The lowest BCUT2D eigenvalue weighted by Gasteiger charge is -2.36. The highest BCUT2D eigenvalue weighted by Gasteiger charge is 2.56. The van der Waals surface area contributed by atoms with E-state index in [1.807, 2.05) is 0 Å². The molecular formula is C26H42N4O8S. The minimum absolute atomic E-state index is 0.140. The average molecular weight is 571 g/mol. The van der Waals surface area contributed by atoms with Gasteiger partial charge in [-0.1, -0.05) is 33.8 Å². The summed E-state index contributed by atoms with van der Waals surface area (Å²) in [4.78, 5) is 55.3. The van der Waals surface area contributed by atoms with Gasteiger partial charge in [-0.15, -0.1) is 6.58 Å². The number of sulfonamides is 1. The standard InChI is InChI=1S/C26H42N4O8S/c1-8-16-12-18(16)30(23(34)28-39(36,37)26(9-2)10-11-26)21(32)19-13-17(31)14-29(19)22(33)20(25(5,6)7)27-24(35)38-15(3)4/h8,15-20,31H,1,9-14H2,2-7H3,(H,27,35)(H,28,34)/t16-,17?,18-,19+,20-/m1/s1. The Morgan fingerprint density at radius 3 is 2.28 bits per heavy atom. The highest BCUT2D eigenvalue weighted by molar-refractivity contribution is 7.91. The lowest BCUT2D eigenvalue weighted by Crippen LogP contribution is -2.60. The van der Waals surface area contributed by atoms with E-state index in [1.54, 1.807) is 47.6 Å². The van der Waals surface area contributed by atoms with Crippen LogP contribution in [0, 0.1) is 11.3 Å². The summed E-state index contributed by atoms with van der Waals surface area (Å²) in [5, 5.41) is 13.0. The van der Waals surface area contributed by atoms with Crippen molar-refractivity contribution < 1.29 is 37.4 Å². The number of imide groups is 1. The SMILES string of the molecule is C=C[C@@H]1C[C@H]1N(C(=O)NS(=O)(=O)C1(CC)CC1)C(=O)[C@@H]1CC(O)CN1C(=O)[C@@H](NC(=O)OC(C)C)C(C)(C)C. The van der Waals surface area contributed by atoms with Crippen LogP contribution in [0.5, 0.6) is 0 Å². The van der Waals surface area contributed by atoms with Crippen molar-refractivity contribution in [1.82, 2.24) is 19.8 Å². The molecule has 2 aliphatic carbocycles. The normalized spacial score (nSPS) is 26.4. The Labute approximate surface area is 230 Å². The summed E-state index contributed by atoms with van der Waals surface area (Å²) in [5.41, 5.74) is -0.789. The number of nitrogens with one attached hydrogen (secondary N) is 2. The summed E-state index contributed by atoms with van der Waals surface area (Å²) in [6, 6.07) is -4.03. The van der Waals surface area contributed by atoms with Gasteiger partial charge >= 0.3 is 12.1 Å². The van der Waals surface area contributed by atoms with Crippen molar-refractivity contribution in [3.8, 4) is 0 Å². The third-order valence-corrected chi connectivity index (χ3v) is 9.98. The lowest BCUT2D eigenvalue weighted by molar-refractivity contribution is -0.145. The van der Waals surface area contributed by atoms with E-state index in [4.69, 9.17) is 4.74 Å². The maximum Gasteiger partial charge on any atom is 0.408 e. The van der Waals surface area contributed by atoms with Crippen molar-refractivity contribution in [2.45, 2.75) is 109 Å². The molecule has 13 heteroatoms. The van der Waals surface area contributed by atoms with Crippen LogP contribution in [0.2, 0.25) is 0 Å². The monoisotopic (exact) mass is 570 g/mol. The molecule has 1 saturated heterocycles. The van der Waals surface area contributed by atoms with Crippen molar-refractivity contribution in [2.75, 3.05) is 6.54 Å². The van der Waals surface area contributed by atoms with Crippen LogP contribution in [0.1, 0.15) is 73.6 Å². The van der Waals surface area contributed by atoms with Gasteiger partial charge in [-0.2, -0.15) is 0 Å². The Bertz CT molecular complexity index is 1110. The molecule has 3 fully saturated rings. The van der Waals surface area contributed by atoms with Crippen LogP contribution in [0.3, 0.4) is 0 Å². The van der Waals surface area contributed by atoms with Gasteiger partial charge in [-0.05, 0) is 50.9 Å². The number of ether oxygens (including phenoxy) is 1. The van der Waals surface area contributed by atoms with Crippen molar-refractivity contribution in [3.05, 3.63) is 12.7 Å². The molecule has 220 valence electrons. The minimum Gasteiger partial charge on any atom is -0.447 e. The number of aliphatic hydroxyl groups is 1. The van der Waals surface area contributed by atoms with Crippen molar-refractivity contribution in [1.29, 1.82) is 0 Å². The smallest absolute Gasteiger partial charge is 0.408 e. The molecule has 1 unspecified atom stereocenters. The van der Waals surface area contributed by atoms with Gasteiger partial charge in [-0.3, -0.25) is 14.5 Å². The molecule has 2 saturated carbocycles. The number of alkyl carbamates (subject to hydrolysis) is 1. The van der Waals surface area contributed by atoms with Gasteiger partial charge in [0.1, 0.15) is 12.1 Å². The van der Waals surface area contributed by atoms with Crippen molar-refractivity contribution >= 4 is 34.0 Å². The number of carbonyl (C=O) groups is 4. The number of rotatable bonds is 9. The Morgan fingerprint density at radius 1 is 1.21 bits per heavy atom. The number of likely N-dealkylation sites (tertiary alicyclic amines) is 1. The molecule has 0 spiro atoms. The molecule has 3 N–H and O–H groups in total. The van der Waals surface area contributed by atoms with Gasteiger partial charge in [0.2, 0.25) is 15.9 Å². The van der Waals surface area contributed by atoms with E-state index in [2.05, 4.69) is 16.6 Å². The van der Waals surface area contributed by atoms with E-state index in [9.17, 15) is 32.7 Å². The fraction of sp³-hybridized carbons (Fsp3) is 0.769. The van der Waals surface area contributed by atoms with Gasteiger partial charge in [-0.25, -0.2) is 22.7 Å². The maximum atomic E-state index is 13.9. The zero-order valence-electron chi connectivity index (χ0n) is 23.6. The molecule has 0 bridgehead atoms. The Kier molecular flexibility index (Phi) is 8.76. The van der Waals surface area contributed by atoms with E-state index in [1.165, 1.54) is 0 Å². The number of hydrogen-bond acceptors (Lipinski definition) is 8. The average Bonchev–Trinajstić information content (AvgIpc) is 3.72. The molecule has 39 heavy (non-hydrogen) atoms. The van der Waals surface area contributed by atoms with Gasteiger partial charge in [0, 0.05) is 19.0 Å². The Morgan fingerprint density at radius 2 is 1.82 bits per heavy atom. The summed E-state index contributed by atoms with van der Waals surface area (Å²) in [6.07, 6.45) is 0.773. The number of carbonyl (C=O) groups excluding carboxylic acids is 4. The van der Waals surface area contributed by atoms with E-state index < -0.39 is 74.5 Å². The van der Waals surface area contributed by atoms with Gasteiger partial charge in [0.05, 0.1) is 17.0 Å². The minimum atomic E-state index is -4.04. The lowest BCUT2D eigenvalue weighted by atomic mass is 9.85. The highest BCUT2D eigenvalue weighted by atomic mass is 32.2. The van der Waals surface area contributed by atoms with Crippen LogP contribution >= 0.6 is 0 Å². The van der Waals surface area contributed by atoms with Crippen LogP contribution in [-0.2, 0) is 24.3 Å². The predicted molar refractivity (Wildman–Crippen MR) is 143 cm³/mol. The summed E-state index contributed by atoms with van der Waals surface area (Å²) < 4.78 is 32.1. The molecule has 3 rings (SSSR count). The maximum absolute atomic E-state index is 13.9. The van der Waals surface area contributed by atoms with E-state index in [0.29, 0.717) is 25.7 Å². The number of aliphatic hydroxyl groups excluding tert-OH is 1. The van der Waals surface area contributed by atoms with Crippen LogP contribution in [0.4, 0.5) is 9.59 Å². The largest absolute Gasteiger partial charge is 0.447 e. The second-order valence-corrected chi connectivity index (χ2v) is 14.2. The summed E-state index contributed by atoms with van der Waals surface area (Å²) >= 11 is 0. The molecule has 5 amide bonds. The van der Waals surface area contributed by atoms with Gasteiger partial charge in [0.25, 0.3) is 5.91 Å². The molecule has 1 heterocycles. The van der Waals surface area contributed by atoms with Crippen molar-refractivity contribution in [2.24, 2.45) is 11.3 Å². The zero-order valence-corrected chi connectivity index (χ0v) is 24.4.